The Morgan fingerprint density at radius 2 is 2.38 bits per heavy atom. The molecule has 1 aliphatic rings. The van der Waals surface area contributed by atoms with Gasteiger partial charge in [0.15, 0.2) is 0 Å². The van der Waals surface area contributed by atoms with Gasteiger partial charge in [-0.1, -0.05) is 6.07 Å². The Kier molecular flexibility index (Phi) is 4.38. The van der Waals surface area contributed by atoms with E-state index in [0.29, 0.717) is 6.61 Å². The van der Waals surface area contributed by atoms with Gasteiger partial charge in [-0.15, -0.1) is 11.3 Å². The first-order chi connectivity index (χ1) is 11.8. The molecule has 4 rings (SSSR count). The Morgan fingerprint density at radius 3 is 3.21 bits per heavy atom. The number of aryl methyl sites for hydroxylation is 1. The van der Waals surface area contributed by atoms with Gasteiger partial charge in [-0.25, -0.2) is 9.97 Å². The van der Waals surface area contributed by atoms with E-state index < -0.39 is 0 Å². The average molecular weight is 341 g/mol. The van der Waals surface area contributed by atoms with Gasteiger partial charge < -0.3 is 4.74 Å². The minimum absolute atomic E-state index is 0.00228. The van der Waals surface area contributed by atoms with Crippen molar-refractivity contribution in [3.63, 3.8) is 0 Å². The molecule has 24 heavy (non-hydrogen) atoms. The highest BCUT2D eigenvalue weighted by molar-refractivity contribution is 7.13. The van der Waals surface area contributed by atoms with Crippen molar-refractivity contribution in [3.8, 4) is 10.6 Å². The van der Waals surface area contributed by atoms with Crippen LogP contribution in [-0.2, 0) is 11.3 Å². The molecule has 0 spiro atoms. The average Bonchev–Trinajstić information content (AvgIpc) is 3.26. The maximum Gasteiger partial charge on any atom is 0.125 e. The fourth-order valence-corrected chi connectivity index (χ4v) is 3.74. The number of nitrogens with one attached hydrogen (secondary N) is 1. The van der Waals surface area contributed by atoms with Crippen LogP contribution in [-0.4, -0.2) is 44.8 Å². The van der Waals surface area contributed by atoms with Crippen molar-refractivity contribution in [1.82, 2.24) is 25.1 Å². The van der Waals surface area contributed by atoms with Gasteiger partial charge in [0.25, 0.3) is 0 Å². The molecule has 3 aromatic heterocycles. The van der Waals surface area contributed by atoms with Crippen LogP contribution in [0.1, 0.15) is 23.2 Å². The second-order valence-corrected chi connectivity index (χ2v) is 6.82. The van der Waals surface area contributed by atoms with Gasteiger partial charge in [-0.05, 0) is 24.4 Å². The number of rotatable bonds is 4. The van der Waals surface area contributed by atoms with Gasteiger partial charge in [0.2, 0.25) is 0 Å². The Balaban J connectivity index is 1.49. The molecule has 6 nitrogen and oxygen atoms in total. The zero-order valence-electron chi connectivity index (χ0n) is 13.5. The van der Waals surface area contributed by atoms with Crippen molar-refractivity contribution < 1.29 is 4.74 Å². The topological polar surface area (TPSA) is 66.9 Å². The van der Waals surface area contributed by atoms with E-state index >= 15 is 0 Å². The summed E-state index contributed by atoms with van der Waals surface area (Å²) in [7, 11) is 0. The molecule has 1 aliphatic heterocycles. The summed E-state index contributed by atoms with van der Waals surface area (Å²) < 4.78 is 5.92. The predicted octanol–water partition coefficient (Wildman–Crippen LogP) is 2.81. The van der Waals surface area contributed by atoms with E-state index in [0.717, 1.165) is 36.8 Å². The van der Waals surface area contributed by atoms with Crippen molar-refractivity contribution in [1.29, 1.82) is 0 Å². The van der Waals surface area contributed by atoms with Crippen LogP contribution < -0.4 is 0 Å². The molecule has 0 unspecified atom stereocenters. The lowest BCUT2D eigenvalue weighted by Gasteiger charge is -2.32. The maximum absolute atomic E-state index is 5.92. The summed E-state index contributed by atoms with van der Waals surface area (Å²) in [5.74, 6) is 0.781. The van der Waals surface area contributed by atoms with Crippen molar-refractivity contribution >= 4 is 11.3 Å². The molecular weight excluding hydrogens is 322 g/mol. The highest BCUT2D eigenvalue weighted by atomic mass is 32.1. The number of aromatic nitrogens is 4. The normalized spacial score (nSPS) is 18.8. The summed E-state index contributed by atoms with van der Waals surface area (Å²) in [5, 5.41) is 9.45. The van der Waals surface area contributed by atoms with Gasteiger partial charge in [0.05, 0.1) is 29.1 Å². The summed E-state index contributed by atoms with van der Waals surface area (Å²) >= 11 is 1.72. The molecular formula is C17H19N5OS. The van der Waals surface area contributed by atoms with Crippen LogP contribution in [0.5, 0.6) is 0 Å². The number of hydrogen-bond donors (Lipinski definition) is 1. The smallest absolute Gasteiger partial charge is 0.125 e. The van der Waals surface area contributed by atoms with Crippen LogP contribution in [0.25, 0.3) is 10.6 Å². The molecule has 0 aromatic carbocycles. The monoisotopic (exact) mass is 341 g/mol. The number of H-pyrrole nitrogens is 1. The quantitative estimate of drug-likeness (QED) is 0.790. The van der Waals surface area contributed by atoms with Crippen LogP contribution in [0.15, 0.2) is 36.0 Å². The number of nitrogens with zero attached hydrogens (tertiary/aromatic N) is 4. The lowest BCUT2D eigenvalue weighted by molar-refractivity contribution is -0.0350. The first-order valence-corrected chi connectivity index (χ1v) is 8.87. The lowest BCUT2D eigenvalue weighted by atomic mass is 10.1. The molecule has 1 N–H and O–H groups in total. The van der Waals surface area contributed by atoms with Crippen molar-refractivity contribution in [3.05, 3.63) is 53.1 Å². The molecule has 0 bridgehead atoms. The Morgan fingerprint density at radius 1 is 1.42 bits per heavy atom. The largest absolute Gasteiger partial charge is 0.369 e. The van der Waals surface area contributed by atoms with E-state index in [1.54, 1.807) is 17.5 Å². The predicted molar refractivity (Wildman–Crippen MR) is 92.6 cm³/mol. The molecule has 124 valence electrons. The second-order valence-electron chi connectivity index (χ2n) is 5.87. The third-order valence-corrected chi connectivity index (χ3v) is 5.04. The zero-order valence-corrected chi connectivity index (χ0v) is 14.3. The van der Waals surface area contributed by atoms with Gasteiger partial charge in [0, 0.05) is 31.4 Å². The SMILES string of the molecule is Cc1nccc([C@H]2CN(Cc3cn[nH]c3-c3cccs3)CCO2)n1. The summed E-state index contributed by atoms with van der Waals surface area (Å²) in [6, 6.07) is 6.12. The number of morpholine rings is 1. The second kappa shape index (κ2) is 6.80. The Bertz CT molecular complexity index is 801. The summed E-state index contributed by atoms with van der Waals surface area (Å²) in [6.45, 7) is 5.21. The minimum Gasteiger partial charge on any atom is -0.369 e. The third kappa shape index (κ3) is 3.24. The Hall–Kier alpha value is -2.09. The molecule has 1 atom stereocenters. The van der Waals surface area contributed by atoms with Crippen LogP contribution in [0.4, 0.5) is 0 Å². The molecule has 7 heteroatoms. The molecule has 3 aromatic rings. The molecule has 0 saturated carbocycles. The van der Waals surface area contributed by atoms with E-state index in [-0.39, 0.29) is 6.10 Å². The van der Waals surface area contributed by atoms with E-state index in [9.17, 15) is 0 Å². The molecule has 1 saturated heterocycles. The van der Waals surface area contributed by atoms with Crippen LogP contribution >= 0.6 is 11.3 Å². The number of thiophene rings is 1. The zero-order chi connectivity index (χ0) is 16.4. The van der Waals surface area contributed by atoms with Crippen molar-refractivity contribution in [2.24, 2.45) is 0 Å². The third-order valence-electron chi connectivity index (χ3n) is 4.16. The van der Waals surface area contributed by atoms with Crippen LogP contribution in [0.3, 0.4) is 0 Å². The fraction of sp³-hybridized carbons (Fsp3) is 0.353. The van der Waals surface area contributed by atoms with E-state index in [2.05, 4.69) is 42.6 Å². The summed E-state index contributed by atoms with van der Waals surface area (Å²) in [4.78, 5) is 12.3. The molecule has 0 radical (unpaired) electrons. The van der Waals surface area contributed by atoms with E-state index in [1.807, 2.05) is 19.2 Å². The summed E-state index contributed by atoms with van der Waals surface area (Å²) in [6.07, 6.45) is 3.72. The number of ether oxygens (including phenoxy) is 1. The van der Waals surface area contributed by atoms with E-state index in [4.69, 9.17) is 4.74 Å². The molecule has 4 heterocycles. The lowest BCUT2D eigenvalue weighted by Crippen LogP contribution is -2.38. The molecule has 1 fully saturated rings. The van der Waals surface area contributed by atoms with Crippen LogP contribution in [0, 0.1) is 6.92 Å². The van der Waals surface area contributed by atoms with Gasteiger partial charge >= 0.3 is 0 Å². The van der Waals surface area contributed by atoms with Gasteiger partial charge in [0.1, 0.15) is 11.9 Å². The minimum atomic E-state index is -0.00228. The van der Waals surface area contributed by atoms with Crippen LogP contribution in [0.2, 0.25) is 0 Å². The first kappa shape index (κ1) is 15.4. The maximum atomic E-state index is 5.92. The highest BCUT2D eigenvalue weighted by Gasteiger charge is 2.24. The highest BCUT2D eigenvalue weighted by Crippen LogP contribution is 2.28. The number of aromatic amines is 1. The first-order valence-electron chi connectivity index (χ1n) is 7.99. The van der Waals surface area contributed by atoms with Crippen molar-refractivity contribution in [2.45, 2.75) is 19.6 Å². The fourth-order valence-electron chi connectivity index (χ4n) is 2.98. The standard InChI is InChI=1S/C17H19N5OS/c1-12-18-5-4-14(20-12)15-11-22(6-7-23-15)10-13-9-19-21-17(13)16-3-2-8-24-16/h2-5,8-9,15H,6-7,10-11H2,1H3,(H,19,21)/t15-/m1/s1. The van der Waals surface area contributed by atoms with Crippen molar-refractivity contribution in [2.75, 3.05) is 19.7 Å². The summed E-state index contributed by atoms with van der Waals surface area (Å²) in [5.41, 5.74) is 3.29. The number of hydrogen-bond acceptors (Lipinski definition) is 6. The van der Waals surface area contributed by atoms with Gasteiger partial charge in [-0.3, -0.25) is 10.00 Å². The molecule has 0 aliphatic carbocycles. The van der Waals surface area contributed by atoms with E-state index in [1.165, 1.54) is 10.4 Å². The van der Waals surface area contributed by atoms with Gasteiger partial charge in [-0.2, -0.15) is 5.10 Å². The Labute approximate surface area is 144 Å². The molecule has 0 amide bonds.